The quantitative estimate of drug-likeness (QED) is 0.145. The van der Waals surface area contributed by atoms with Crippen LogP contribution in [0.1, 0.15) is 69.0 Å². The van der Waals surface area contributed by atoms with E-state index in [9.17, 15) is 49.5 Å². The number of ether oxygens (including phenoxy) is 3. The Bertz CT molecular complexity index is 2140. The number of rotatable bonds is 12. The van der Waals surface area contributed by atoms with Gasteiger partial charge in [0.25, 0.3) is 0 Å². The molecule has 14 nitrogen and oxygen atoms in total. The number of nitrogens with one attached hydrogen (secondary N) is 1. The number of aryl methyl sites for hydroxylation is 2. The molecule has 23 heteroatoms. The van der Waals surface area contributed by atoms with E-state index in [2.05, 4.69) is 25.5 Å². The van der Waals surface area contributed by atoms with Crippen LogP contribution in [0.3, 0.4) is 0 Å². The van der Waals surface area contributed by atoms with Crippen LogP contribution in [0.25, 0.3) is 11.4 Å². The van der Waals surface area contributed by atoms with Crippen molar-refractivity contribution in [3.05, 3.63) is 71.6 Å². The van der Waals surface area contributed by atoms with Gasteiger partial charge in [0.05, 0.1) is 44.0 Å². The number of pyridine rings is 2. The number of amides is 1. The van der Waals surface area contributed by atoms with E-state index in [1.165, 1.54) is 41.9 Å². The minimum Gasteiger partial charge on any atom is -0.480 e. The van der Waals surface area contributed by atoms with E-state index < -0.39 is 65.6 Å². The zero-order valence-corrected chi connectivity index (χ0v) is 34.9. The van der Waals surface area contributed by atoms with Crippen molar-refractivity contribution in [1.29, 1.82) is 0 Å². The summed E-state index contributed by atoms with van der Waals surface area (Å²) in [6.07, 6.45) is -6.59. The number of likely N-dealkylation sites (tertiary alicyclic amines) is 1. The Labute approximate surface area is 356 Å². The smallest absolute Gasteiger partial charge is 0.433 e. The summed E-state index contributed by atoms with van der Waals surface area (Å²) in [5.41, 5.74) is -1.14. The summed E-state index contributed by atoms with van der Waals surface area (Å²) in [4.78, 5) is 45.3. The van der Waals surface area contributed by atoms with Crippen molar-refractivity contribution in [1.82, 2.24) is 39.7 Å². The third kappa shape index (κ3) is 12.4. The largest absolute Gasteiger partial charge is 0.480 e. The molecule has 6 heterocycles. The van der Waals surface area contributed by atoms with Crippen LogP contribution < -0.4 is 14.8 Å². The van der Waals surface area contributed by atoms with Crippen LogP contribution in [-0.2, 0) is 39.5 Å². The molecule has 0 aromatic carbocycles. The Morgan fingerprint density at radius 2 is 1.23 bits per heavy atom. The van der Waals surface area contributed by atoms with E-state index in [1.807, 2.05) is 0 Å². The number of carbonyl (C=O) groups excluding carboxylic acids is 3. The highest BCUT2D eigenvalue weighted by Crippen LogP contribution is 2.31. The van der Waals surface area contributed by atoms with Gasteiger partial charge in [0, 0.05) is 42.9 Å². The summed E-state index contributed by atoms with van der Waals surface area (Å²) >= 11 is 0. The average Bonchev–Trinajstić information content (AvgIpc) is 4.01. The number of hydrogen-bond donors (Lipinski definition) is 1. The van der Waals surface area contributed by atoms with Crippen molar-refractivity contribution in [2.45, 2.75) is 102 Å². The molecule has 340 valence electrons. The molecule has 2 aliphatic rings. The van der Waals surface area contributed by atoms with Crippen LogP contribution in [0.4, 0.5) is 39.9 Å². The van der Waals surface area contributed by atoms with Crippen molar-refractivity contribution in [3.8, 4) is 23.1 Å². The van der Waals surface area contributed by atoms with Crippen molar-refractivity contribution >= 4 is 30.1 Å². The average molecular weight is 909 g/mol. The van der Waals surface area contributed by atoms with E-state index >= 15 is 0 Å². The Morgan fingerprint density at radius 1 is 0.742 bits per heavy atom. The molecule has 0 saturated carbocycles. The molecule has 62 heavy (non-hydrogen) atoms. The minimum atomic E-state index is -4.56. The number of aromatic nitrogens is 6. The van der Waals surface area contributed by atoms with Crippen LogP contribution in [0.15, 0.2) is 49.1 Å². The standard InChI is InChI=1S/C22H26F4N4O4.C17H18F4N4O2.ClH/c1-21(2,3)34-20(32)29-10-9-15(23)18(29)16(31)7-5-13-12-30(28-19(13)33-4)14-6-8-17(27-11-14)22(24,25)26;1-27-16-10(2-4-13(26)15-12(18)6-7-22-15)9-25(24-16)11-3-5-14(23-8-11)17(19,20)21;/h6,8,11-12,15,18H,5,7,9-10H2,1-4H3;3,5,8-9,12,15,22H,2,4,6-7H2,1H3;1H/t15-,18-;12-,15-;/m00./s1. The molecule has 4 aromatic heterocycles. The fraction of sp³-hybridized carbons (Fsp3) is 0.513. The summed E-state index contributed by atoms with van der Waals surface area (Å²) in [7, 11) is 2.76. The van der Waals surface area contributed by atoms with E-state index in [1.54, 1.807) is 27.0 Å². The van der Waals surface area contributed by atoms with E-state index in [0.29, 0.717) is 29.8 Å². The van der Waals surface area contributed by atoms with Gasteiger partial charge in [-0.1, -0.05) is 0 Å². The Kier molecular flexibility index (Phi) is 16.1. The fourth-order valence-electron chi connectivity index (χ4n) is 6.58. The van der Waals surface area contributed by atoms with Gasteiger partial charge in [0.1, 0.15) is 35.4 Å². The number of carbonyl (C=O) groups is 3. The molecule has 1 amide bonds. The first-order valence-corrected chi connectivity index (χ1v) is 19.0. The molecule has 0 aliphatic carbocycles. The highest BCUT2D eigenvalue weighted by Gasteiger charge is 2.43. The lowest BCUT2D eigenvalue weighted by Gasteiger charge is -2.28. The van der Waals surface area contributed by atoms with Crippen LogP contribution in [0.5, 0.6) is 11.8 Å². The summed E-state index contributed by atoms with van der Waals surface area (Å²) in [5.74, 6) is -0.286. The molecule has 0 bridgehead atoms. The summed E-state index contributed by atoms with van der Waals surface area (Å²) in [6.45, 7) is 5.59. The second kappa shape index (κ2) is 20.2. The minimum absolute atomic E-state index is 0. The molecule has 2 fully saturated rings. The molecule has 2 aliphatic heterocycles. The number of nitrogens with zero attached hydrogens (tertiary/aromatic N) is 7. The summed E-state index contributed by atoms with van der Waals surface area (Å²) in [5, 5.41) is 11.2. The number of alkyl halides is 8. The van der Waals surface area contributed by atoms with Crippen LogP contribution in [-0.4, -0.2) is 109 Å². The maximum absolute atomic E-state index is 14.5. The van der Waals surface area contributed by atoms with Crippen molar-refractivity contribution < 1.29 is 63.7 Å². The molecule has 0 radical (unpaired) electrons. The summed E-state index contributed by atoms with van der Waals surface area (Å²) in [6, 6.07) is 2.12. The lowest BCUT2D eigenvalue weighted by molar-refractivity contribution is -0.141. The van der Waals surface area contributed by atoms with Gasteiger partial charge < -0.3 is 19.5 Å². The first-order valence-electron chi connectivity index (χ1n) is 19.0. The molecular formula is C39H45ClF8N8O6. The molecule has 0 unspecified atom stereocenters. The Balaban J connectivity index is 0.000000275. The van der Waals surface area contributed by atoms with Crippen LogP contribution in [0, 0.1) is 0 Å². The van der Waals surface area contributed by atoms with Crippen molar-refractivity contribution in [2.75, 3.05) is 27.3 Å². The molecule has 4 atom stereocenters. The van der Waals surface area contributed by atoms with Gasteiger partial charge in [-0.05, 0) is 77.3 Å². The number of halogens is 9. The molecule has 6 rings (SSSR count). The zero-order chi connectivity index (χ0) is 44.9. The number of Topliss-reactive ketones (excluding diaryl/α,β-unsaturated/α-hetero) is 2. The van der Waals surface area contributed by atoms with Gasteiger partial charge in [-0.15, -0.1) is 22.6 Å². The maximum Gasteiger partial charge on any atom is 0.433 e. The highest BCUT2D eigenvalue weighted by molar-refractivity contribution is 5.89. The topological polar surface area (TPSA) is 156 Å². The number of ketones is 2. The second-order valence-corrected chi connectivity index (χ2v) is 15.1. The Hall–Kier alpha value is -5.38. The van der Waals surface area contributed by atoms with Crippen molar-refractivity contribution in [2.24, 2.45) is 0 Å². The van der Waals surface area contributed by atoms with Gasteiger partial charge in [0.15, 0.2) is 11.6 Å². The van der Waals surface area contributed by atoms with Gasteiger partial charge in [0.2, 0.25) is 11.8 Å². The predicted octanol–water partition coefficient (Wildman–Crippen LogP) is 7.06. The van der Waals surface area contributed by atoms with E-state index in [4.69, 9.17) is 14.2 Å². The van der Waals surface area contributed by atoms with Crippen LogP contribution >= 0.6 is 12.4 Å². The third-order valence-corrected chi connectivity index (χ3v) is 9.55. The molecule has 2 saturated heterocycles. The van der Waals surface area contributed by atoms with Crippen molar-refractivity contribution in [3.63, 3.8) is 0 Å². The highest BCUT2D eigenvalue weighted by atomic mass is 35.5. The summed E-state index contributed by atoms with van der Waals surface area (Å²) < 4.78 is 122. The number of methoxy groups -OCH3 is 2. The second-order valence-electron chi connectivity index (χ2n) is 15.1. The van der Waals surface area contributed by atoms with Gasteiger partial charge >= 0.3 is 18.4 Å². The van der Waals surface area contributed by atoms with Gasteiger partial charge in [-0.3, -0.25) is 14.5 Å². The van der Waals surface area contributed by atoms with E-state index in [0.717, 1.165) is 29.4 Å². The third-order valence-electron chi connectivity index (χ3n) is 9.55. The lowest BCUT2D eigenvalue weighted by Crippen LogP contribution is -2.46. The monoisotopic (exact) mass is 908 g/mol. The zero-order valence-electron chi connectivity index (χ0n) is 34.1. The van der Waals surface area contributed by atoms with Gasteiger partial charge in [-0.25, -0.2) is 32.9 Å². The maximum atomic E-state index is 14.5. The fourth-order valence-corrected chi connectivity index (χ4v) is 6.58. The first kappa shape index (κ1) is 49.3. The first-order chi connectivity index (χ1) is 28.6. The SMILES string of the molecule is COc1nn(-c2ccc(C(F)(F)F)nc2)cc1CCC(=O)[C@@H]1[C@@H](F)CCN1C(=O)OC(C)(C)C.COc1nn(-c2ccc(C(F)(F)F)nc2)cc1CCC(=O)[C@H]1NCC[C@@H]1F.Cl. The number of hydrogen-bond acceptors (Lipinski definition) is 11. The van der Waals surface area contributed by atoms with Gasteiger partial charge in [-0.2, -0.15) is 26.3 Å². The molecule has 1 N–H and O–H groups in total. The normalized spacial score (nSPS) is 19.0. The van der Waals surface area contributed by atoms with Crippen LogP contribution in [0.2, 0.25) is 0 Å². The van der Waals surface area contributed by atoms with E-state index in [-0.39, 0.29) is 74.3 Å². The predicted molar refractivity (Wildman–Crippen MR) is 207 cm³/mol. The molecular weight excluding hydrogens is 864 g/mol. The Morgan fingerprint density at radius 3 is 1.61 bits per heavy atom. The molecule has 0 spiro atoms. The lowest BCUT2D eigenvalue weighted by atomic mass is 10.0. The molecule has 4 aromatic rings.